The Morgan fingerprint density at radius 3 is 2.65 bits per heavy atom. The van der Waals surface area contributed by atoms with Crippen molar-refractivity contribution in [2.24, 2.45) is 0 Å². The van der Waals surface area contributed by atoms with Crippen LogP contribution in [0.1, 0.15) is 32.1 Å². The first kappa shape index (κ1) is 12.6. The van der Waals surface area contributed by atoms with Crippen molar-refractivity contribution in [1.29, 1.82) is 0 Å². The molecule has 1 aliphatic heterocycles. The number of hydrogen-bond donors (Lipinski definition) is 2. The summed E-state index contributed by atoms with van der Waals surface area (Å²) in [5, 5.41) is 18.8. The van der Waals surface area contributed by atoms with Crippen LogP contribution in [0.4, 0.5) is 0 Å². The van der Waals surface area contributed by atoms with Gasteiger partial charge < -0.3 is 10.0 Å². The van der Waals surface area contributed by atoms with Crippen LogP contribution in [0, 0.1) is 0 Å². The molecule has 102 valence electrons. The van der Waals surface area contributed by atoms with Gasteiger partial charge in [0.1, 0.15) is 0 Å². The number of benzene rings is 1. The fourth-order valence-electron chi connectivity index (χ4n) is 2.19. The number of amides is 1. The molecule has 2 aromatic rings. The van der Waals surface area contributed by atoms with E-state index in [1.807, 2.05) is 6.07 Å². The average molecular weight is 293 g/mol. The molecule has 1 aliphatic rings. The highest BCUT2D eigenvalue weighted by Gasteiger charge is 2.30. The zero-order valence-electron chi connectivity index (χ0n) is 10.1. The standard InChI is InChI=1S/C12H9ClN4O3/c13-8-2-1-6-4-17(5-7(6)3-8)11(18)9-10(12(19)20)15-16-14-9/h1-3H,4-5H2,(H,19,20)(H,14,15,16). The second-order valence-electron chi connectivity index (χ2n) is 4.40. The molecule has 3 rings (SSSR count). The van der Waals surface area contributed by atoms with E-state index in [0.717, 1.165) is 11.1 Å². The van der Waals surface area contributed by atoms with Crippen LogP contribution >= 0.6 is 11.6 Å². The SMILES string of the molecule is O=C(O)c1n[nH]nc1C(=O)N1Cc2ccc(Cl)cc2C1. The molecule has 0 atom stereocenters. The Kier molecular flexibility index (Phi) is 2.90. The van der Waals surface area contributed by atoms with Gasteiger partial charge in [-0.05, 0) is 23.3 Å². The van der Waals surface area contributed by atoms with Crippen LogP contribution in [-0.2, 0) is 13.1 Å². The number of nitrogens with one attached hydrogen (secondary N) is 1. The van der Waals surface area contributed by atoms with Gasteiger partial charge in [-0.2, -0.15) is 5.21 Å². The Bertz CT molecular complexity index is 712. The van der Waals surface area contributed by atoms with Gasteiger partial charge >= 0.3 is 5.97 Å². The maximum atomic E-state index is 12.3. The van der Waals surface area contributed by atoms with Gasteiger partial charge in [-0.15, -0.1) is 10.2 Å². The number of aromatic amines is 1. The first-order valence-corrected chi connectivity index (χ1v) is 6.14. The number of carboxylic acid groups (broad SMARTS) is 1. The van der Waals surface area contributed by atoms with E-state index in [1.165, 1.54) is 4.90 Å². The number of H-pyrrole nitrogens is 1. The molecule has 1 amide bonds. The third-order valence-corrected chi connectivity index (χ3v) is 3.37. The smallest absolute Gasteiger partial charge is 0.358 e. The van der Waals surface area contributed by atoms with Crippen molar-refractivity contribution < 1.29 is 14.7 Å². The van der Waals surface area contributed by atoms with E-state index in [4.69, 9.17) is 16.7 Å². The lowest BCUT2D eigenvalue weighted by molar-refractivity contribution is 0.0667. The van der Waals surface area contributed by atoms with Crippen LogP contribution in [0.5, 0.6) is 0 Å². The van der Waals surface area contributed by atoms with Gasteiger partial charge in [0.05, 0.1) is 0 Å². The lowest BCUT2D eigenvalue weighted by atomic mass is 10.1. The highest BCUT2D eigenvalue weighted by Crippen LogP contribution is 2.26. The molecule has 0 saturated heterocycles. The maximum absolute atomic E-state index is 12.3. The first-order valence-electron chi connectivity index (χ1n) is 5.77. The Morgan fingerprint density at radius 1 is 1.20 bits per heavy atom. The Labute approximate surface area is 118 Å². The van der Waals surface area contributed by atoms with Crippen LogP contribution in [-0.4, -0.2) is 37.3 Å². The topological polar surface area (TPSA) is 99.2 Å². The Morgan fingerprint density at radius 2 is 1.90 bits per heavy atom. The van der Waals surface area contributed by atoms with Gasteiger partial charge in [0.15, 0.2) is 5.69 Å². The molecule has 2 N–H and O–H groups in total. The second kappa shape index (κ2) is 4.61. The molecule has 1 aromatic heterocycles. The number of aromatic nitrogens is 3. The van der Waals surface area contributed by atoms with Gasteiger partial charge in [0.25, 0.3) is 5.91 Å². The zero-order valence-corrected chi connectivity index (χ0v) is 10.9. The highest BCUT2D eigenvalue weighted by atomic mass is 35.5. The fourth-order valence-corrected chi connectivity index (χ4v) is 2.38. The number of rotatable bonds is 2. The van der Waals surface area contributed by atoms with Crippen molar-refractivity contribution in [1.82, 2.24) is 20.3 Å². The number of carboxylic acids is 1. The number of nitrogens with zero attached hydrogens (tertiary/aromatic N) is 3. The zero-order chi connectivity index (χ0) is 14.3. The molecule has 1 aromatic carbocycles. The molecule has 0 aliphatic carbocycles. The third kappa shape index (κ3) is 2.01. The van der Waals surface area contributed by atoms with E-state index in [1.54, 1.807) is 12.1 Å². The largest absolute Gasteiger partial charge is 0.476 e. The molecule has 0 spiro atoms. The van der Waals surface area contributed by atoms with Crippen molar-refractivity contribution in [2.75, 3.05) is 0 Å². The van der Waals surface area contributed by atoms with Gasteiger partial charge in [0, 0.05) is 18.1 Å². The fraction of sp³-hybridized carbons (Fsp3) is 0.167. The van der Waals surface area contributed by atoms with Crippen LogP contribution in [0.25, 0.3) is 0 Å². The summed E-state index contributed by atoms with van der Waals surface area (Å²) in [4.78, 5) is 24.8. The molecule has 2 heterocycles. The van der Waals surface area contributed by atoms with Crippen LogP contribution < -0.4 is 0 Å². The third-order valence-electron chi connectivity index (χ3n) is 3.13. The summed E-state index contributed by atoms with van der Waals surface area (Å²) in [6.07, 6.45) is 0. The molecule has 7 nitrogen and oxygen atoms in total. The summed E-state index contributed by atoms with van der Waals surface area (Å²) in [5.74, 6) is -1.76. The van der Waals surface area contributed by atoms with E-state index in [-0.39, 0.29) is 11.4 Å². The lowest BCUT2D eigenvalue weighted by Gasteiger charge is -2.13. The number of fused-ring (bicyclic) bond motifs is 1. The minimum absolute atomic E-state index is 0.184. The number of hydrogen-bond acceptors (Lipinski definition) is 4. The van der Waals surface area contributed by atoms with E-state index >= 15 is 0 Å². The molecular weight excluding hydrogens is 284 g/mol. The van der Waals surface area contributed by atoms with Gasteiger partial charge in [-0.25, -0.2) is 4.79 Å². The minimum atomic E-state index is -1.29. The molecule has 0 saturated carbocycles. The van der Waals surface area contributed by atoms with Crippen LogP contribution in [0.2, 0.25) is 5.02 Å². The average Bonchev–Trinajstić information content (AvgIpc) is 3.03. The number of carbonyl (C=O) groups is 2. The summed E-state index contributed by atoms with van der Waals surface area (Å²) in [6, 6.07) is 5.41. The number of carbonyl (C=O) groups excluding carboxylic acids is 1. The van der Waals surface area contributed by atoms with Crippen molar-refractivity contribution in [2.45, 2.75) is 13.1 Å². The maximum Gasteiger partial charge on any atom is 0.358 e. The van der Waals surface area contributed by atoms with Gasteiger partial charge in [-0.1, -0.05) is 17.7 Å². The monoisotopic (exact) mass is 292 g/mol. The van der Waals surface area contributed by atoms with E-state index in [2.05, 4.69) is 15.4 Å². The highest BCUT2D eigenvalue weighted by molar-refractivity contribution is 6.30. The Balaban J connectivity index is 1.87. The first-order chi connectivity index (χ1) is 9.56. The van der Waals surface area contributed by atoms with Crippen molar-refractivity contribution in [3.05, 3.63) is 45.7 Å². The minimum Gasteiger partial charge on any atom is -0.476 e. The van der Waals surface area contributed by atoms with Gasteiger partial charge in [0.2, 0.25) is 5.69 Å². The summed E-state index contributed by atoms with van der Waals surface area (Å²) in [7, 11) is 0. The van der Waals surface area contributed by atoms with E-state index in [0.29, 0.717) is 18.1 Å². The van der Waals surface area contributed by atoms with Gasteiger partial charge in [-0.3, -0.25) is 4.79 Å². The number of halogens is 1. The molecule has 0 bridgehead atoms. The predicted octanol–water partition coefficient (Wildman–Crippen LogP) is 1.31. The molecule has 8 heteroatoms. The second-order valence-corrected chi connectivity index (χ2v) is 4.84. The lowest BCUT2D eigenvalue weighted by Crippen LogP contribution is -2.27. The van der Waals surface area contributed by atoms with Crippen molar-refractivity contribution in [3.63, 3.8) is 0 Å². The van der Waals surface area contributed by atoms with Crippen LogP contribution in [0.15, 0.2) is 18.2 Å². The van der Waals surface area contributed by atoms with Crippen molar-refractivity contribution in [3.8, 4) is 0 Å². The molecule has 0 fully saturated rings. The quantitative estimate of drug-likeness (QED) is 0.869. The Hall–Kier alpha value is -2.41. The van der Waals surface area contributed by atoms with E-state index < -0.39 is 11.9 Å². The summed E-state index contributed by atoms with van der Waals surface area (Å²) in [5.41, 5.74) is 1.38. The molecule has 0 unspecified atom stereocenters. The summed E-state index contributed by atoms with van der Waals surface area (Å²) >= 11 is 5.91. The molecule has 20 heavy (non-hydrogen) atoms. The predicted molar refractivity (Wildman–Crippen MR) is 68.4 cm³/mol. The van der Waals surface area contributed by atoms with Crippen molar-refractivity contribution >= 4 is 23.5 Å². The summed E-state index contributed by atoms with van der Waals surface area (Å²) in [6.45, 7) is 0.776. The summed E-state index contributed by atoms with van der Waals surface area (Å²) < 4.78 is 0. The van der Waals surface area contributed by atoms with E-state index in [9.17, 15) is 9.59 Å². The van der Waals surface area contributed by atoms with Crippen LogP contribution in [0.3, 0.4) is 0 Å². The normalized spacial score (nSPS) is 13.3. The number of aromatic carboxylic acids is 1. The molecule has 0 radical (unpaired) electrons. The molecular formula is C12H9ClN4O3.